The molecule has 4 rings (SSSR count). The number of amides is 1. The van der Waals surface area contributed by atoms with Crippen LogP contribution in [0.15, 0.2) is 66.7 Å². The lowest BCUT2D eigenvalue weighted by atomic mass is 9.98. The number of nitrogens with one attached hydrogen (secondary N) is 1. The van der Waals surface area contributed by atoms with E-state index in [2.05, 4.69) is 17.4 Å². The number of halogens is 2. The Hall–Kier alpha value is -3.67. The van der Waals surface area contributed by atoms with E-state index in [9.17, 15) is 13.6 Å². The molecule has 0 aromatic heterocycles. The van der Waals surface area contributed by atoms with Gasteiger partial charge in [-0.15, -0.1) is 0 Å². The van der Waals surface area contributed by atoms with Crippen molar-refractivity contribution in [2.45, 2.75) is 5.92 Å². The largest absolute Gasteiger partial charge is 0.503 e. The summed E-state index contributed by atoms with van der Waals surface area (Å²) in [4.78, 5) is 12.1. The Bertz CT molecular complexity index is 1060. The van der Waals surface area contributed by atoms with Crippen molar-refractivity contribution in [3.05, 3.63) is 95.1 Å². The molecule has 0 radical (unpaired) electrons. The van der Waals surface area contributed by atoms with Crippen LogP contribution in [0.3, 0.4) is 0 Å². The number of carbonyl (C=O) groups is 1. The molecular formula is C24H19F2NO3. The van der Waals surface area contributed by atoms with E-state index in [1.807, 2.05) is 36.4 Å². The summed E-state index contributed by atoms with van der Waals surface area (Å²) in [6, 6.07) is 18.1. The Labute approximate surface area is 172 Å². The highest BCUT2D eigenvalue weighted by molar-refractivity contribution is 5.79. The van der Waals surface area contributed by atoms with E-state index < -0.39 is 23.5 Å². The first-order valence-corrected chi connectivity index (χ1v) is 9.48. The first-order valence-electron chi connectivity index (χ1n) is 9.48. The van der Waals surface area contributed by atoms with Crippen LogP contribution < -0.4 is 5.32 Å². The number of phenolic OH excluding ortho intramolecular Hbond substituents is 1. The number of aromatic hydroxyl groups is 1. The minimum atomic E-state index is -1.04. The quantitative estimate of drug-likeness (QED) is 0.610. The first kappa shape index (κ1) is 19.6. The summed E-state index contributed by atoms with van der Waals surface area (Å²) in [5, 5.41) is 11.7. The Morgan fingerprint density at radius 1 is 1.00 bits per heavy atom. The normalized spacial score (nSPS) is 12.6. The molecule has 152 valence electrons. The minimum absolute atomic E-state index is 0.0263. The van der Waals surface area contributed by atoms with Crippen LogP contribution in [-0.4, -0.2) is 24.4 Å². The molecule has 0 spiro atoms. The molecular weight excluding hydrogens is 388 g/mol. The molecule has 1 aliphatic rings. The summed E-state index contributed by atoms with van der Waals surface area (Å²) in [6.45, 7) is 0.332. The molecule has 3 aromatic carbocycles. The van der Waals surface area contributed by atoms with Crippen molar-refractivity contribution in [3.8, 4) is 16.9 Å². The molecule has 0 aliphatic heterocycles. The predicted octanol–water partition coefficient (Wildman–Crippen LogP) is 5.22. The molecule has 4 nitrogen and oxygen atoms in total. The molecule has 1 amide bonds. The van der Waals surface area contributed by atoms with E-state index in [0.29, 0.717) is 0 Å². The Morgan fingerprint density at radius 3 is 2.17 bits per heavy atom. The van der Waals surface area contributed by atoms with Crippen LogP contribution in [-0.2, 0) is 4.74 Å². The fraction of sp³-hybridized carbons (Fsp3) is 0.125. The van der Waals surface area contributed by atoms with Gasteiger partial charge in [0.25, 0.3) is 0 Å². The molecule has 30 heavy (non-hydrogen) atoms. The number of phenols is 1. The van der Waals surface area contributed by atoms with Gasteiger partial charge in [-0.25, -0.2) is 13.6 Å². The van der Waals surface area contributed by atoms with Gasteiger partial charge in [-0.1, -0.05) is 60.7 Å². The highest BCUT2D eigenvalue weighted by Gasteiger charge is 2.28. The number of hydrogen-bond acceptors (Lipinski definition) is 3. The van der Waals surface area contributed by atoms with Crippen molar-refractivity contribution in [2.75, 3.05) is 13.2 Å². The van der Waals surface area contributed by atoms with E-state index in [-0.39, 0.29) is 24.6 Å². The van der Waals surface area contributed by atoms with Gasteiger partial charge in [0.15, 0.2) is 17.4 Å². The summed E-state index contributed by atoms with van der Waals surface area (Å²) >= 11 is 0. The monoisotopic (exact) mass is 407 g/mol. The lowest BCUT2D eigenvalue weighted by Crippen LogP contribution is -2.26. The zero-order valence-corrected chi connectivity index (χ0v) is 15.9. The maximum absolute atomic E-state index is 13.3. The van der Waals surface area contributed by atoms with Gasteiger partial charge in [-0.3, -0.25) is 0 Å². The second kappa shape index (κ2) is 8.37. The number of rotatable bonds is 5. The maximum atomic E-state index is 13.3. The third kappa shape index (κ3) is 3.89. The zero-order valence-electron chi connectivity index (χ0n) is 15.9. The smallest absolute Gasteiger partial charge is 0.407 e. The fourth-order valence-electron chi connectivity index (χ4n) is 3.67. The second-order valence-corrected chi connectivity index (χ2v) is 6.94. The van der Waals surface area contributed by atoms with Gasteiger partial charge < -0.3 is 15.2 Å². The summed E-state index contributed by atoms with van der Waals surface area (Å²) in [5.41, 5.74) is 4.79. The van der Waals surface area contributed by atoms with Crippen LogP contribution >= 0.6 is 0 Å². The lowest BCUT2D eigenvalue weighted by molar-refractivity contribution is 0.144. The van der Waals surface area contributed by atoms with Gasteiger partial charge in [0.2, 0.25) is 0 Å². The molecule has 0 fully saturated rings. The molecule has 3 aromatic rings. The van der Waals surface area contributed by atoms with Gasteiger partial charge in [-0.2, -0.15) is 0 Å². The number of fused-ring (bicyclic) bond motifs is 3. The molecule has 1 aliphatic carbocycles. The van der Waals surface area contributed by atoms with Crippen molar-refractivity contribution >= 4 is 12.2 Å². The van der Waals surface area contributed by atoms with E-state index in [4.69, 9.17) is 9.84 Å². The number of alkyl carbamates (subject to hydrolysis) is 1. The molecule has 0 heterocycles. The molecule has 0 saturated heterocycles. The van der Waals surface area contributed by atoms with Gasteiger partial charge in [0, 0.05) is 12.5 Å². The number of ether oxygens (including phenoxy) is 1. The molecule has 0 bridgehead atoms. The van der Waals surface area contributed by atoms with Crippen LogP contribution in [0.4, 0.5) is 13.6 Å². The van der Waals surface area contributed by atoms with Crippen LogP contribution in [0, 0.1) is 11.6 Å². The number of carbonyl (C=O) groups excluding carboxylic acids is 1. The Balaban J connectivity index is 1.34. The molecule has 0 atom stereocenters. The lowest BCUT2D eigenvalue weighted by Gasteiger charge is -2.14. The van der Waals surface area contributed by atoms with Gasteiger partial charge >= 0.3 is 6.09 Å². The van der Waals surface area contributed by atoms with Gasteiger partial charge in [0.05, 0.1) is 0 Å². The standard InChI is InChI=1S/C24H19F2NO3/c25-21-12-15(13-22(26)23(21)28)6-5-11-27-24(29)30-14-20-18-9-3-1-7-16(18)17-8-2-4-10-19(17)20/h1-10,12-13,20,28H,11,14H2,(H,27,29). The van der Waals surface area contributed by atoms with Crippen LogP contribution in [0.2, 0.25) is 0 Å². The number of benzene rings is 3. The van der Waals surface area contributed by atoms with E-state index in [1.54, 1.807) is 0 Å². The summed E-state index contributed by atoms with van der Waals surface area (Å²) in [5.74, 6) is -3.12. The average molecular weight is 407 g/mol. The van der Waals surface area contributed by atoms with Crippen molar-refractivity contribution in [2.24, 2.45) is 0 Å². The van der Waals surface area contributed by atoms with E-state index in [1.165, 1.54) is 12.2 Å². The Morgan fingerprint density at radius 2 is 1.57 bits per heavy atom. The van der Waals surface area contributed by atoms with Crippen molar-refractivity contribution < 1.29 is 23.4 Å². The summed E-state index contributed by atoms with van der Waals surface area (Å²) in [6.07, 6.45) is 2.40. The average Bonchev–Trinajstić information content (AvgIpc) is 3.07. The SMILES string of the molecule is O=C(NCC=Cc1cc(F)c(O)c(F)c1)OCC1c2ccccc2-c2ccccc21. The highest BCUT2D eigenvalue weighted by atomic mass is 19.1. The van der Waals surface area contributed by atoms with Crippen LogP contribution in [0.25, 0.3) is 17.2 Å². The highest BCUT2D eigenvalue weighted by Crippen LogP contribution is 2.44. The third-order valence-corrected chi connectivity index (χ3v) is 5.06. The number of hydrogen-bond donors (Lipinski definition) is 2. The first-order chi connectivity index (χ1) is 14.5. The zero-order chi connectivity index (χ0) is 21.1. The second-order valence-electron chi connectivity index (χ2n) is 6.94. The van der Waals surface area contributed by atoms with Crippen molar-refractivity contribution in [1.29, 1.82) is 0 Å². The fourth-order valence-corrected chi connectivity index (χ4v) is 3.67. The van der Waals surface area contributed by atoms with E-state index >= 15 is 0 Å². The van der Waals surface area contributed by atoms with Crippen molar-refractivity contribution in [1.82, 2.24) is 5.32 Å². The van der Waals surface area contributed by atoms with Gasteiger partial charge in [-0.05, 0) is 39.9 Å². The third-order valence-electron chi connectivity index (χ3n) is 5.06. The van der Waals surface area contributed by atoms with Crippen LogP contribution in [0.1, 0.15) is 22.6 Å². The minimum Gasteiger partial charge on any atom is -0.503 e. The molecule has 2 N–H and O–H groups in total. The van der Waals surface area contributed by atoms with Gasteiger partial charge in [0.1, 0.15) is 6.61 Å². The maximum Gasteiger partial charge on any atom is 0.407 e. The topological polar surface area (TPSA) is 58.6 Å². The Kier molecular flexibility index (Phi) is 5.48. The van der Waals surface area contributed by atoms with Crippen LogP contribution in [0.5, 0.6) is 5.75 Å². The van der Waals surface area contributed by atoms with E-state index in [0.717, 1.165) is 34.4 Å². The summed E-state index contributed by atoms with van der Waals surface area (Å²) < 4.78 is 32.1. The predicted molar refractivity (Wildman–Crippen MR) is 110 cm³/mol. The molecule has 0 saturated carbocycles. The van der Waals surface area contributed by atoms with Crippen molar-refractivity contribution in [3.63, 3.8) is 0 Å². The summed E-state index contributed by atoms with van der Waals surface area (Å²) in [7, 11) is 0. The molecule has 6 heteroatoms. The molecule has 0 unspecified atom stereocenters.